The average Bonchev–Trinajstić information content (AvgIpc) is 2.87. The SMILES string of the molecule is [2H]c1cn(-c2ccc(N3CCOCC3)cc2)nn1. The molecular weight excluding hydrogens is 216 g/mol. The molecule has 5 nitrogen and oxygen atoms in total. The monoisotopic (exact) mass is 231 g/mol. The Balaban J connectivity index is 1.80. The van der Waals surface area contributed by atoms with Crippen molar-refractivity contribution in [1.82, 2.24) is 15.0 Å². The van der Waals surface area contributed by atoms with Gasteiger partial charge >= 0.3 is 0 Å². The van der Waals surface area contributed by atoms with Crippen molar-refractivity contribution in [2.75, 3.05) is 31.2 Å². The first kappa shape index (κ1) is 9.18. The van der Waals surface area contributed by atoms with Crippen molar-refractivity contribution in [2.45, 2.75) is 0 Å². The molecule has 88 valence electrons. The van der Waals surface area contributed by atoms with Gasteiger partial charge in [0.1, 0.15) is 0 Å². The predicted octanol–water partition coefficient (Wildman–Crippen LogP) is 1.10. The third kappa shape index (κ3) is 2.14. The summed E-state index contributed by atoms with van der Waals surface area (Å²) in [5.41, 5.74) is 2.10. The Bertz CT molecular complexity index is 519. The minimum atomic E-state index is 0.173. The maximum absolute atomic E-state index is 7.35. The van der Waals surface area contributed by atoms with E-state index in [-0.39, 0.29) is 6.17 Å². The summed E-state index contributed by atoms with van der Waals surface area (Å²) in [4.78, 5) is 2.30. The van der Waals surface area contributed by atoms with Crippen LogP contribution in [0.25, 0.3) is 5.69 Å². The van der Waals surface area contributed by atoms with E-state index in [4.69, 9.17) is 6.11 Å². The molecular formula is C12H14N4O. The van der Waals surface area contributed by atoms with Gasteiger partial charge in [-0.3, -0.25) is 0 Å². The van der Waals surface area contributed by atoms with E-state index in [9.17, 15) is 0 Å². The van der Waals surface area contributed by atoms with E-state index in [0.717, 1.165) is 32.0 Å². The first-order valence-electron chi connectivity index (χ1n) is 6.15. The number of benzene rings is 1. The molecule has 0 aliphatic carbocycles. The van der Waals surface area contributed by atoms with Crippen LogP contribution in [0.5, 0.6) is 0 Å². The van der Waals surface area contributed by atoms with Crippen LogP contribution in [-0.4, -0.2) is 41.3 Å². The standard InChI is InChI=1S/C12H14N4O/c1-3-12(16-6-5-13-14-16)4-2-11(1)15-7-9-17-10-8-15/h1-6H,7-10H2/i5D. The number of ether oxygens (including phenoxy) is 1. The minimum Gasteiger partial charge on any atom is -0.378 e. The molecule has 1 aromatic carbocycles. The van der Waals surface area contributed by atoms with Gasteiger partial charge in [-0.1, -0.05) is 5.21 Å². The summed E-state index contributed by atoms with van der Waals surface area (Å²) in [6, 6.07) is 8.09. The molecule has 0 saturated carbocycles. The van der Waals surface area contributed by atoms with Gasteiger partial charge in [-0.25, -0.2) is 4.68 Å². The summed E-state index contributed by atoms with van der Waals surface area (Å²) in [6.45, 7) is 3.43. The first-order valence-corrected chi connectivity index (χ1v) is 5.65. The van der Waals surface area contributed by atoms with Crippen molar-refractivity contribution in [1.29, 1.82) is 0 Å². The van der Waals surface area contributed by atoms with Gasteiger partial charge in [0.2, 0.25) is 0 Å². The van der Waals surface area contributed by atoms with Gasteiger partial charge in [0.15, 0.2) is 0 Å². The first-order chi connectivity index (χ1) is 8.83. The van der Waals surface area contributed by atoms with Crippen molar-refractivity contribution in [3.8, 4) is 5.69 Å². The third-order valence-electron chi connectivity index (χ3n) is 2.87. The largest absolute Gasteiger partial charge is 0.378 e. The van der Waals surface area contributed by atoms with E-state index in [2.05, 4.69) is 27.3 Å². The van der Waals surface area contributed by atoms with E-state index < -0.39 is 0 Å². The van der Waals surface area contributed by atoms with Gasteiger partial charge in [0, 0.05) is 18.8 Å². The topological polar surface area (TPSA) is 43.2 Å². The quantitative estimate of drug-likeness (QED) is 0.776. The van der Waals surface area contributed by atoms with Crippen molar-refractivity contribution in [2.24, 2.45) is 0 Å². The van der Waals surface area contributed by atoms with Crippen LogP contribution >= 0.6 is 0 Å². The van der Waals surface area contributed by atoms with Gasteiger partial charge in [0.25, 0.3) is 0 Å². The molecule has 0 N–H and O–H groups in total. The highest BCUT2D eigenvalue weighted by atomic mass is 16.5. The maximum Gasteiger partial charge on any atom is 0.0877 e. The molecule has 1 fully saturated rings. The molecule has 0 bridgehead atoms. The van der Waals surface area contributed by atoms with Crippen molar-refractivity contribution in [3.05, 3.63) is 36.6 Å². The van der Waals surface area contributed by atoms with Crippen LogP contribution in [0, 0.1) is 0 Å². The van der Waals surface area contributed by atoms with E-state index in [1.807, 2.05) is 12.1 Å². The van der Waals surface area contributed by atoms with Crippen LogP contribution in [-0.2, 0) is 4.74 Å². The fraction of sp³-hybridized carbons (Fsp3) is 0.333. The number of rotatable bonds is 2. The third-order valence-corrected chi connectivity index (χ3v) is 2.87. The lowest BCUT2D eigenvalue weighted by Crippen LogP contribution is -2.36. The van der Waals surface area contributed by atoms with Crippen LogP contribution in [0.15, 0.2) is 36.6 Å². The van der Waals surface area contributed by atoms with Crippen LogP contribution in [0.4, 0.5) is 5.69 Å². The molecule has 2 aromatic rings. The van der Waals surface area contributed by atoms with Crippen molar-refractivity contribution >= 4 is 5.69 Å². The minimum absolute atomic E-state index is 0.173. The highest BCUT2D eigenvalue weighted by Gasteiger charge is 2.10. The molecule has 0 atom stereocenters. The highest BCUT2D eigenvalue weighted by molar-refractivity contribution is 5.50. The Morgan fingerprint density at radius 2 is 1.82 bits per heavy atom. The number of anilines is 1. The Labute approximate surface area is 101 Å². The molecule has 17 heavy (non-hydrogen) atoms. The molecule has 1 aromatic heterocycles. The molecule has 0 radical (unpaired) electrons. The van der Waals surface area contributed by atoms with Crippen LogP contribution in [0.3, 0.4) is 0 Å². The van der Waals surface area contributed by atoms with E-state index >= 15 is 0 Å². The summed E-state index contributed by atoms with van der Waals surface area (Å²) in [6.07, 6.45) is 1.76. The second-order valence-electron chi connectivity index (χ2n) is 3.91. The Hall–Kier alpha value is -1.88. The molecule has 2 heterocycles. The van der Waals surface area contributed by atoms with Crippen LogP contribution < -0.4 is 4.90 Å². The summed E-state index contributed by atoms with van der Waals surface area (Å²) >= 11 is 0. The molecule has 0 spiro atoms. The number of nitrogens with zero attached hydrogens (tertiary/aromatic N) is 4. The van der Waals surface area contributed by atoms with Crippen molar-refractivity contribution < 1.29 is 6.11 Å². The van der Waals surface area contributed by atoms with E-state index in [1.165, 1.54) is 5.69 Å². The van der Waals surface area contributed by atoms with Gasteiger partial charge in [-0.15, -0.1) is 5.10 Å². The Kier molecular flexibility index (Phi) is 2.46. The lowest BCUT2D eigenvalue weighted by atomic mass is 10.2. The predicted molar refractivity (Wildman–Crippen MR) is 64.4 cm³/mol. The molecule has 5 heteroatoms. The molecule has 0 amide bonds. The molecule has 1 saturated heterocycles. The zero-order valence-electron chi connectivity index (χ0n) is 10.4. The fourth-order valence-electron chi connectivity index (χ4n) is 1.94. The smallest absolute Gasteiger partial charge is 0.0877 e. The van der Waals surface area contributed by atoms with E-state index in [1.54, 1.807) is 10.9 Å². The van der Waals surface area contributed by atoms with Gasteiger partial charge in [0.05, 0.1) is 32.6 Å². The maximum atomic E-state index is 7.35. The average molecular weight is 231 g/mol. The van der Waals surface area contributed by atoms with Crippen LogP contribution in [0.1, 0.15) is 1.37 Å². The highest BCUT2D eigenvalue weighted by Crippen LogP contribution is 2.17. The number of morpholine rings is 1. The lowest BCUT2D eigenvalue weighted by molar-refractivity contribution is 0.122. The summed E-state index contributed by atoms with van der Waals surface area (Å²) in [5.74, 6) is 0. The fourth-order valence-corrected chi connectivity index (χ4v) is 1.94. The normalized spacial score (nSPS) is 16.9. The van der Waals surface area contributed by atoms with Gasteiger partial charge in [-0.05, 0) is 24.3 Å². The number of hydrogen-bond acceptors (Lipinski definition) is 4. The number of aromatic nitrogens is 3. The van der Waals surface area contributed by atoms with Gasteiger partial charge in [-0.2, -0.15) is 0 Å². The molecule has 1 aliphatic rings. The Morgan fingerprint density at radius 3 is 2.47 bits per heavy atom. The molecule has 1 aliphatic heterocycles. The zero-order chi connectivity index (χ0) is 12.4. The number of hydrogen-bond donors (Lipinski definition) is 0. The summed E-state index contributed by atoms with van der Waals surface area (Å²) < 4.78 is 14.3. The van der Waals surface area contributed by atoms with Gasteiger partial charge < -0.3 is 9.64 Å². The second-order valence-corrected chi connectivity index (χ2v) is 3.91. The Morgan fingerprint density at radius 1 is 1.12 bits per heavy atom. The molecule has 3 rings (SSSR count). The summed E-state index contributed by atoms with van der Waals surface area (Å²) in [7, 11) is 0. The second kappa shape index (κ2) is 4.55. The zero-order valence-corrected chi connectivity index (χ0v) is 9.41. The molecule has 0 unspecified atom stereocenters. The van der Waals surface area contributed by atoms with Crippen molar-refractivity contribution in [3.63, 3.8) is 0 Å². The summed E-state index contributed by atoms with van der Waals surface area (Å²) in [5, 5.41) is 7.53. The van der Waals surface area contributed by atoms with E-state index in [0.29, 0.717) is 0 Å². The lowest BCUT2D eigenvalue weighted by Gasteiger charge is -2.28. The van der Waals surface area contributed by atoms with Crippen LogP contribution in [0.2, 0.25) is 0 Å².